The largest absolute Gasteiger partial charge is 0.418 e. The molecule has 146 valence electrons. The highest BCUT2D eigenvalue weighted by molar-refractivity contribution is 7.13. The molecular weight excluding hydrogens is 376 g/mol. The van der Waals surface area contributed by atoms with E-state index in [4.69, 9.17) is 4.42 Å². The molecule has 0 radical (unpaired) electrons. The summed E-state index contributed by atoms with van der Waals surface area (Å²) in [6.45, 7) is 0.215. The van der Waals surface area contributed by atoms with Crippen molar-refractivity contribution in [3.8, 4) is 10.8 Å². The van der Waals surface area contributed by atoms with Crippen LogP contribution in [-0.2, 0) is 19.4 Å². The Bertz CT molecular complexity index is 1100. The van der Waals surface area contributed by atoms with Gasteiger partial charge in [-0.25, -0.2) is 4.79 Å². The second kappa shape index (κ2) is 7.16. The van der Waals surface area contributed by atoms with Crippen molar-refractivity contribution in [3.63, 3.8) is 0 Å². The van der Waals surface area contributed by atoms with Crippen molar-refractivity contribution >= 4 is 11.3 Å². The van der Waals surface area contributed by atoms with Gasteiger partial charge in [-0.2, -0.15) is 0 Å². The third-order valence-corrected chi connectivity index (χ3v) is 6.72. The van der Waals surface area contributed by atoms with Gasteiger partial charge in [-0.05, 0) is 43.6 Å². The van der Waals surface area contributed by atoms with E-state index in [0.29, 0.717) is 11.8 Å². The predicted octanol–water partition coefficient (Wildman–Crippen LogP) is 3.16. The van der Waals surface area contributed by atoms with E-state index in [2.05, 4.69) is 10.2 Å². The molecule has 1 saturated carbocycles. The SMILES string of the molecule is O=c1c2c(n(Cc3nnc(-c4cccs4)o3)c(=O)n1C1CCCCC1)CCC2. The van der Waals surface area contributed by atoms with E-state index < -0.39 is 0 Å². The Balaban J connectivity index is 1.56. The fourth-order valence-corrected chi connectivity index (χ4v) is 5.15. The minimum absolute atomic E-state index is 0.00950. The second-order valence-corrected chi connectivity index (χ2v) is 8.54. The Kier molecular flexibility index (Phi) is 4.50. The summed E-state index contributed by atoms with van der Waals surface area (Å²) in [6.07, 6.45) is 7.51. The molecule has 0 bridgehead atoms. The lowest BCUT2D eigenvalue weighted by molar-refractivity contribution is 0.326. The van der Waals surface area contributed by atoms with Gasteiger partial charge in [-0.3, -0.25) is 13.9 Å². The first-order valence-corrected chi connectivity index (χ1v) is 10.8. The summed E-state index contributed by atoms with van der Waals surface area (Å²) < 4.78 is 9.02. The summed E-state index contributed by atoms with van der Waals surface area (Å²) in [4.78, 5) is 27.3. The number of aromatic nitrogens is 4. The molecule has 0 saturated heterocycles. The van der Waals surface area contributed by atoms with Crippen LogP contribution in [0.25, 0.3) is 10.8 Å². The van der Waals surface area contributed by atoms with Gasteiger partial charge in [-0.1, -0.05) is 25.3 Å². The number of hydrogen-bond acceptors (Lipinski definition) is 6. The zero-order valence-electron chi connectivity index (χ0n) is 15.6. The van der Waals surface area contributed by atoms with Crippen molar-refractivity contribution in [2.45, 2.75) is 64.0 Å². The number of rotatable bonds is 4. The summed E-state index contributed by atoms with van der Waals surface area (Å²) >= 11 is 1.53. The van der Waals surface area contributed by atoms with E-state index in [1.807, 2.05) is 17.5 Å². The Labute approximate surface area is 165 Å². The molecule has 0 amide bonds. The molecule has 8 heteroatoms. The zero-order chi connectivity index (χ0) is 19.1. The first kappa shape index (κ1) is 17.6. The lowest BCUT2D eigenvalue weighted by atomic mass is 9.95. The molecule has 5 rings (SSSR count). The van der Waals surface area contributed by atoms with E-state index in [1.54, 1.807) is 4.57 Å². The van der Waals surface area contributed by atoms with E-state index in [0.717, 1.165) is 61.1 Å². The van der Waals surface area contributed by atoms with Gasteiger partial charge in [0.15, 0.2) is 0 Å². The van der Waals surface area contributed by atoms with E-state index in [9.17, 15) is 9.59 Å². The van der Waals surface area contributed by atoms with Crippen molar-refractivity contribution in [2.75, 3.05) is 0 Å². The Hall–Kier alpha value is -2.48. The average Bonchev–Trinajstić information content (AvgIpc) is 3.47. The van der Waals surface area contributed by atoms with Crippen LogP contribution < -0.4 is 11.2 Å². The quantitative estimate of drug-likeness (QED) is 0.674. The minimum atomic E-state index is -0.228. The normalized spacial score (nSPS) is 17.1. The van der Waals surface area contributed by atoms with Gasteiger partial charge in [0, 0.05) is 17.3 Å². The van der Waals surface area contributed by atoms with Crippen LogP contribution in [0.3, 0.4) is 0 Å². The molecule has 0 atom stereocenters. The summed E-state index contributed by atoms with van der Waals surface area (Å²) in [5, 5.41) is 10.2. The number of nitrogens with zero attached hydrogens (tertiary/aromatic N) is 4. The summed E-state index contributed by atoms with van der Waals surface area (Å²) in [7, 11) is 0. The molecule has 0 N–H and O–H groups in total. The monoisotopic (exact) mass is 398 g/mol. The van der Waals surface area contributed by atoms with Crippen LogP contribution in [0.2, 0.25) is 0 Å². The van der Waals surface area contributed by atoms with Crippen LogP contribution in [0, 0.1) is 0 Å². The summed E-state index contributed by atoms with van der Waals surface area (Å²) in [6, 6.07) is 3.87. The van der Waals surface area contributed by atoms with E-state index in [1.165, 1.54) is 22.3 Å². The van der Waals surface area contributed by atoms with Crippen molar-refractivity contribution in [1.29, 1.82) is 0 Å². The van der Waals surface area contributed by atoms with Crippen molar-refractivity contribution in [1.82, 2.24) is 19.3 Å². The summed E-state index contributed by atoms with van der Waals surface area (Å²) in [5.74, 6) is 0.865. The molecular formula is C20H22N4O3S. The highest BCUT2D eigenvalue weighted by Crippen LogP contribution is 2.27. The Morgan fingerprint density at radius 3 is 2.75 bits per heavy atom. The Morgan fingerprint density at radius 2 is 1.96 bits per heavy atom. The fraction of sp³-hybridized carbons (Fsp3) is 0.500. The van der Waals surface area contributed by atoms with Crippen molar-refractivity contribution in [3.05, 3.63) is 55.5 Å². The molecule has 3 aromatic rings. The second-order valence-electron chi connectivity index (χ2n) is 7.59. The molecule has 7 nitrogen and oxygen atoms in total. The van der Waals surface area contributed by atoms with Gasteiger partial charge in [0.1, 0.15) is 6.54 Å². The maximum Gasteiger partial charge on any atom is 0.331 e. The molecule has 0 spiro atoms. The Morgan fingerprint density at radius 1 is 1.11 bits per heavy atom. The lowest BCUT2D eigenvalue weighted by Crippen LogP contribution is -2.45. The molecule has 28 heavy (non-hydrogen) atoms. The molecule has 2 aliphatic rings. The highest BCUT2D eigenvalue weighted by Gasteiger charge is 2.28. The van der Waals surface area contributed by atoms with Gasteiger partial charge < -0.3 is 4.42 Å². The average molecular weight is 398 g/mol. The first-order valence-electron chi connectivity index (χ1n) is 9.95. The number of thiophene rings is 1. The minimum Gasteiger partial charge on any atom is -0.418 e. The highest BCUT2D eigenvalue weighted by atomic mass is 32.1. The van der Waals surface area contributed by atoms with E-state index in [-0.39, 0.29) is 23.8 Å². The molecule has 2 aliphatic carbocycles. The van der Waals surface area contributed by atoms with Crippen LogP contribution in [0.15, 0.2) is 31.5 Å². The zero-order valence-corrected chi connectivity index (χ0v) is 16.4. The maximum atomic E-state index is 13.3. The smallest absolute Gasteiger partial charge is 0.331 e. The topological polar surface area (TPSA) is 82.9 Å². The van der Waals surface area contributed by atoms with Gasteiger partial charge in [0.25, 0.3) is 11.4 Å². The van der Waals surface area contributed by atoms with Crippen molar-refractivity contribution in [2.24, 2.45) is 0 Å². The van der Waals surface area contributed by atoms with Gasteiger partial charge in [0.05, 0.1) is 4.88 Å². The molecule has 0 unspecified atom stereocenters. The first-order chi connectivity index (χ1) is 13.7. The van der Waals surface area contributed by atoms with Gasteiger partial charge in [0.2, 0.25) is 5.89 Å². The van der Waals surface area contributed by atoms with Gasteiger partial charge >= 0.3 is 5.69 Å². The third kappa shape index (κ3) is 2.96. The summed E-state index contributed by atoms with van der Waals surface area (Å²) in [5.41, 5.74) is 1.33. The number of fused-ring (bicyclic) bond motifs is 1. The third-order valence-electron chi connectivity index (χ3n) is 5.86. The molecule has 0 aliphatic heterocycles. The molecule has 3 heterocycles. The van der Waals surface area contributed by atoms with Crippen LogP contribution in [0.5, 0.6) is 0 Å². The molecule has 0 aromatic carbocycles. The van der Waals surface area contributed by atoms with Crippen LogP contribution in [-0.4, -0.2) is 19.3 Å². The van der Waals surface area contributed by atoms with Gasteiger partial charge in [-0.15, -0.1) is 21.5 Å². The van der Waals surface area contributed by atoms with Crippen LogP contribution in [0.1, 0.15) is 61.7 Å². The predicted molar refractivity (Wildman–Crippen MR) is 106 cm³/mol. The number of hydrogen-bond donors (Lipinski definition) is 0. The van der Waals surface area contributed by atoms with Crippen molar-refractivity contribution < 1.29 is 4.42 Å². The lowest BCUT2D eigenvalue weighted by Gasteiger charge is -2.25. The molecule has 1 fully saturated rings. The van der Waals surface area contributed by atoms with Crippen LogP contribution in [0.4, 0.5) is 0 Å². The molecule has 3 aromatic heterocycles. The van der Waals surface area contributed by atoms with Crippen LogP contribution >= 0.6 is 11.3 Å². The fourth-order valence-electron chi connectivity index (χ4n) is 4.51. The maximum absolute atomic E-state index is 13.3. The van der Waals surface area contributed by atoms with E-state index >= 15 is 0 Å². The standard InChI is InChI=1S/C20H22N4O3S/c25-19-14-8-4-9-15(14)23(20(26)24(19)13-6-2-1-3-7-13)12-17-21-22-18(27-17)16-10-5-11-28-16/h5,10-11,13H,1-4,6-9,12H2.